The molecule has 0 radical (unpaired) electrons. The van der Waals surface area contributed by atoms with Gasteiger partial charge >= 0.3 is 0 Å². The van der Waals surface area contributed by atoms with Crippen molar-refractivity contribution in [3.63, 3.8) is 0 Å². The number of aryl methyl sites for hydroxylation is 1. The van der Waals surface area contributed by atoms with E-state index in [9.17, 15) is 24.1 Å². The number of nitro groups is 1. The second-order valence-electron chi connectivity index (χ2n) is 7.67. The Morgan fingerprint density at radius 1 is 1.03 bits per heavy atom. The molecule has 3 rings (SSSR count). The van der Waals surface area contributed by atoms with Crippen molar-refractivity contribution in [2.24, 2.45) is 0 Å². The van der Waals surface area contributed by atoms with Crippen LogP contribution < -0.4 is 0 Å². The maximum absolute atomic E-state index is 13.3. The number of halogens is 1. The summed E-state index contributed by atoms with van der Waals surface area (Å²) < 4.78 is 18.9. The maximum Gasteiger partial charge on any atom is 0.269 e. The van der Waals surface area contributed by atoms with E-state index < -0.39 is 10.8 Å². The summed E-state index contributed by atoms with van der Waals surface area (Å²) in [5.74, 6) is 0.0825. The van der Waals surface area contributed by atoms with Crippen LogP contribution in [0.1, 0.15) is 27.4 Å². The highest BCUT2D eigenvalue weighted by Crippen LogP contribution is 2.16. The Labute approximate surface area is 196 Å². The molecule has 0 unspecified atom stereocenters. The number of hydrogen-bond donors (Lipinski definition) is 0. The highest BCUT2D eigenvalue weighted by Gasteiger charge is 2.23. The standard InChI is InChI=1S/C25H24FN3O5/c1-3-14-27(25(31)20-7-11-22(12-8-20)29(32)33)17-24(30)28(16-23-13-4-18(2)34-23)15-19-5-9-21(26)10-6-19/h3-13H,1,14-17H2,2H3. The molecular weight excluding hydrogens is 441 g/mol. The molecular formula is C25H24FN3O5. The van der Waals surface area contributed by atoms with E-state index in [1.807, 2.05) is 0 Å². The number of benzene rings is 2. The van der Waals surface area contributed by atoms with E-state index in [2.05, 4.69) is 6.58 Å². The van der Waals surface area contributed by atoms with Gasteiger partial charge in [-0.25, -0.2) is 4.39 Å². The van der Waals surface area contributed by atoms with Gasteiger partial charge in [-0.3, -0.25) is 19.7 Å². The Kier molecular flexibility index (Phi) is 7.92. The lowest BCUT2D eigenvalue weighted by molar-refractivity contribution is -0.384. The zero-order chi connectivity index (χ0) is 24.7. The van der Waals surface area contributed by atoms with Crippen molar-refractivity contribution in [2.45, 2.75) is 20.0 Å². The van der Waals surface area contributed by atoms with Crippen molar-refractivity contribution in [3.05, 3.63) is 112 Å². The van der Waals surface area contributed by atoms with Crippen LogP contribution >= 0.6 is 0 Å². The Morgan fingerprint density at radius 2 is 1.71 bits per heavy atom. The van der Waals surface area contributed by atoms with Crippen molar-refractivity contribution < 1.29 is 23.3 Å². The molecule has 0 saturated heterocycles. The van der Waals surface area contributed by atoms with Gasteiger partial charge in [-0.2, -0.15) is 0 Å². The monoisotopic (exact) mass is 465 g/mol. The molecule has 0 saturated carbocycles. The van der Waals surface area contributed by atoms with E-state index in [4.69, 9.17) is 4.42 Å². The van der Waals surface area contributed by atoms with E-state index in [-0.39, 0.29) is 49.2 Å². The topological polar surface area (TPSA) is 96.9 Å². The van der Waals surface area contributed by atoms with Crippen molar-refractivity contribution in [1.29, 1.82) is 0 Å². The van der Waals surface area contributed by atoms with Crippen LogP contribution in [0, 0.1) is 22.9 Å². The summed E-state index contributed by atoms with van der Waals surface area (Å²) >= 11 is 0. The second kappa shape index (κ2) is 11.0. The van der Waals surface area contributed by atoms with Gasteiger partial charge in [-0.1, -0.05) is 18.2 Å². The first-order chi connectivity index (χ1) is 16.3. The third-order valence-corrected chi connectivity index (χ3v) is 5.07. The van der Waals surface area contributed by atoms with Crippen molar-refractivity contribution in [2.75, 3.05) is 13.1 Å². The van der Waals surface area contributed by atoms with Gasteiger partial charge in [-0.05, 0) is 48.9 Å². The van der Waals surface area contributed by atoms with Gasteiger partial charge in [0.15, 0.2) is 0 Å². The average Bonchev–Trinajstić information content (AvgIpc) is 3.23. The van der Waals surface area contributed by atoms with E-state index in [1.165, 1.54) is 52.3 Å². The van der Waals surface area contributed by atoms with E-state index >= 15 is 0 Å². The van der Waals surface area contributed by atoms with Gasteiger partial charge in [0.1, 0.15) is 23.9 Å². The van der Waals surface area contributed by atoms with Gasteiger partial charge in [0, 0.05) is 30.8 Å². The van der Waals surface area contributed by atoms with Crippen LogP contribution in [-0.4, -0.2) is 39.6 Å². The number of nitrogens with zero attached hydrogens (tertiary/aromatic N) is 3. The van der Waals surface area contributed by atoms with Crippen LogP contribution in [-0.2, 0) is 17.9 Å². The van der Waals surface area contributed by atoms with Crippen LogP contribution in [0.2, 0.25) is 0 Å². The maximum atomic E-state index is 13.3. The molecule has 2 aromatic carbocycles. The Bertz CT molecular complexity index is 1170. The summed E-state index contributed by atoms with van der Waals surface area (Å²) in [6.07, 6.45) is 1.50. The third-order valence-electron chi connectivity index (χ3n) is 5.07. The first-order valence-electron chi connectivity index (χ1n) is 10.5. The minimum Gasteiger partial charge on any atom is -0.464 e. The van der Waals surface area contributed by atoms with Gasteiger partial charge in [0.25, 0.3) is 11.6 Å². The van der Waals surface area contributed by atoms with Crippen LogP contribution in [0.15, 0.2) is 77.7 Å². The summed E-state index contributed by atoms with van der Waals surface area (Å²) in [5.41, 5.74) is 0.795. The molecule has 0 spiro atoms. The van der Waals surface area contributed by atoms with E-state index in [0.29, 0.717) is 11.5 Å². The van der Waals surface area contributed by atoms with Crippen molar-refractivity contribution in [3.8, 4) is 0 Å². The van der Waals surface area contributed by atoms with Crippen molar-refractivity contribution in [1.82, 2.24) is 9.80 Å². The van der Waals surface area contributed by atoms with Crippen LogP contribution in [0.4, 0.5) is 10.1 Å². The van der Waals surface area contributed by atoms with Crippen LogP contribution in [0.5, 0.6) is 0 Å². The predicted molar refractivity (Wildman–Crippen MR) is 123 cm³/mol. The largest absolute Gasteiger partial charge is 0.464 e. The number of rotatable bonds is 10. The molecule has 1 heterocycles. The highest BCUT2D eigenvalue weighted by molar-refractivity contribution is 5.96. The summed E-state index contributed by atoms with van der Waals surface area (Å²) in [6.45, 7) is 5.66. The zero-order valence-electron chi connectivity index (χ0n) is 18.6. The molecule has 0 fully saturated rings. The summed E-state index contributed by atoms with van der Waals surface area (Å²) in [6, 6.07) is 14.5. The minimum absolute atomic E-state index is 0.103. The second-order valence-corrected chi connectivity index (χ2v) is 7.67. The molecule has 0 aliphatic carbocycles. The molecule has 34 heavy (non-hydrogen) atoms. The minimum atomic E-state index is -0.553. The number of amides is 2. The Morgan fingerprint density at radius 3 is 2.26 bits per heavy atom. The molecule has 0 atom stereocenters. The van der Waals surface area contributed by atoms with Gasteiger partial charge in [0.05, 0.1) is 11.5 Å². The van der Waals surface area contributed by atoms with Crippen LogP contribution in [0.25, 0.3) is 0 Å². The van der Waals surface area contributed by atoms with Gasteiger partial charge in [0.2, 0.25) is 5.91 Å². The quantitative estimate of drug-likeness (QED) is 0.250. The molecule has 0 aliphatic heterocycles. The smallest absolute Gasteiger partial charge is 0.269 e. The SMILES string of the molecule is C=CCN(CC(=O)N(Cc1ccc(F)cc1)Cc1ccc(C)o1)C(=O)c1ccc([N+](=O)[O-])cc1. The molecule has 0 bridgehead atoms. The van der Waals surface area contributed by atoms with E-state index in [0.717, 1.165) is 5.56 Å². The highest BCUT2D eigenvalue weighted by atomic mass is 19.1. The number of non-ortho nitro benzene ring substituents is 1. The molecule has 1 aromatic heterocycles. The van der Waals surface area contributed by atoms with Crippen LogP contribution in [0.3, 0.4) is 0 Å². The lowest BCUT2D eigenvalue weighted by atomic mass is 10.1. The fourth-order valence-corrected chi connectivity index (χ4v) is 3.35. The lowest BCUT2D eigenvalue weighted by Crippen LogP contribution is -2.42. The normalized spacial score (nSPS) is 10.5. The van der Waals surface area contributed by atoms with Gasteiger partial charge < -0.3 is 14.2 Å². The number of carbonyl (C=O) groups excluding carboxylic acids is 2. The molecule has 2 amide bonds. The first-order valence-corrected chi connectivity index (χ1v) is 10.5. The molecule has 3 aromatic rings. The number of carbonyl (C=O) groups is 2. The molecule has 9 heteroatoms. The van der Waals surface area contributed by atoms with E-state index in [1.54, 1.807) is 31.2 Å². The molecule has 8 nitrogen and oxygen atoms in total. The predicted octanol–water partition coefficient (Wildman–Crippen LogP) is 4.49. The van der Waals surface area contributed by atoms with Crippen molar-refractivity contribution >= 4 is 17.5 Å². The number of furan rings is 1. The van der Waals surface area contributed by atoms with Gasteiger partial charge in [-0.15, -0.1) is 6.58 Å². The molecule has 0 N–H and O–H groups in total. The summed E-state index contributed by atoms with van der Waals surface area (Å²) in [7, 11) is 0. The number of nitro benzene ring substituents is 1. The summed E-state index contributed by atoms with van der Waals surface area (Å²) in [5, 5.41) is 10.9. The Hall–Kier alpha value is -4.27. The fraction of sp³-hybridized carbons (Fsp3) is 0.200. The fourth-order valence-electron chi connectivity index (χ4n) is 3.35. The molecule has 176 valence electrons. The Balaban J connectivity index is 1.80. The lowest BCUT2D eigenvalue weighted by Gasteiger charge is -2.27. The summed E-state index contributed by atoms with van der Waals surface area (Å²) in [4.78, 5) is 39.4. The number of hydrogen-bond acceptors (Lipinski definition) is 5. The molecule has 0 aliphatic rings. The average molecular weight is 465 g/mol. The first kappa shape index (κ1) is 24.4. The zero-order valence-corrected chi connectivity index (χ0v) is 18.6. The third kappa shape index (κ3) is 6.38.